The minimum absolute atomic E-state index is 0.0777. The predicted molar refractivity (Wildman–Crippen MR) is 529 cm³/mol. The highest BCUT2D eigenvalue weighted by Crippen LogP contribution is 2.64. The Kier molecular flexibility index (Phi) is 16.9. The molecule has 5 heterocycles. The number of rotatable bonds is 9. The standard InChI is InChI=1S/C119H97BN4O/c1-115(2,3)80-54-60-104-94(66-80)88-45-27-32-50-102(88)121(104)84-56-58-100-106(72-84)123(113-90(74-35-17-13-18-36-74)68-82(117(7,8)9)69-91(113)75-37-19-14-20-38-75)108-64-79(78-53-62-111-99(63-78)119(98-49-31-34-52-110(98)125-111)96-47-29-25-43-86(96)87-44-26-30-48-97(87)119)65-109-112(108)120(100)101-59-57-85(122-103-51-33-28-46-89(103)95-67-81(116(4,5)6)55-61-105(95)122)73-107(101)124(109)114-92(76-39-21-15-22-40-76)70-83(118(10,11)12)71-93(114)77-41-23-16-24-42-77/h13-73H,1-12H3. The number of ether oxygens (including phenoxy) is 1. The van der Waals surface area contributed by atoms with Crippen molar-refractivity contribution >= 4 is 101 Å². The summed E-state index contributed by atoms with van der Waals surface area (Å²) in [6.45, 7) is 27.8. The van der Waals surface area contributed by atoms with Gasteiger partial charge in [0.25, 0.3) is 6.71 Å². The van der Waals surface area contributed by atoms with Crippen LogP contribution >= 0.6 is 0 Å². The third-order valence-corrected chi connectivity index (χ3v) is 27.6. The number of benzene rings is 17. The lowest BCUT2D eigenvalue weighted by atomic mass is 9.33. The number of aromatic nitrogens is 2. The van der Waals surface area contributed by atoms with Crippen molar-refractivity contribution < 1.29 is 4.74 Å². The molecule has 0 saturated carbocycles. The van der Waals surface area contributed by atoms with Gasteiger partial charge in [0, 0.05) is 89.0 Å². The van der Waals surface area contributed by atoms with E-state index < -0.39 is 5.41 Å². The highest BCUT2D eigenvalue weighted by Gasteiger charge is 2.52. The lowest BCUT2D eigenvalue weighted by Gasteiger charge is -2.46. The van der Waals surface area contributed by atoms with Crippen molar-refractivity contribution in [3.8, 4) is 89.6 Å². The van der Waals surface area contributed by atoms with Crippen molar-refractivity contribution in [2.45, 2.75) is 110 Å². The fraction of sp³-hybridized carbons (Fsp3) is 0.143. The summed E-state index contributed by atoms with van der Waals surface area (Å²) in [5.41, 5.74) is 38.9. The molecule has 125 heavy (non-hydrogen) atoms. The van der Waals surface area contributed by atoms with Gasteiger partial charge in [-0.1, -0.05) is 338 Å². The molecule has 3 aliphatic heterocycles. The quantitative estimate of drug-likeness (QED) is 0.135. The van der Waals surface area contributed by atoms with Crippen LogP contribution in [0.2, 0.25) is 0 Å². The van der Waals surface area contributed by atoms with Gasteiger partial charge in [-0.25, -0.2) is 0 Å². The van der Waals surface area contributed by atoms with Crippen LogP contribution < -0.4 is 30.9 Å². The van der Waals surface area contributed by atoms with Gasteiger partial charge in [-0.3, -0.25) is 0 Å². The second-order valence-corrected chi connectivity index (χ2v) is 39.1. The van der Waals surface area contributed by atoms with E-state index in [-0.39, 0.29) is 28.4 Å². The molecule has 0 atom stereocenters. The van der Waals surface area contributed by atoms with Gasteiger partial charge < -0.3 is 23.7 Å². The van der Waals surface area contributed by atoms with Crippen LogP contribution in [-0.2, 0) is 27.1 Å². The van der Waals surface area contributed by atoms with Crippen molar-refractivity contribution in [1.29, 1.82) is 0 Å². The molecule has 2 aromatic heterocycles. The van der Waals surface area contributed by atoms with E-state index in [1.54, 1.807) is 0 Å². The number of para-hydroxylation sites is 3. The molecule has 19 aromatic rings. The highest BCUT2D eigenvalue weighted by molar-refractivity contribution is 7.00. The summed E-state index contributed by atoms with van der Waals surface area (Å²) in [4.78, 5) is 5.51. The van der Waals surface area contributed by atoms with Crippen molar-refractivity contribution in [3.05, 3.63) is 415 Å². The maximum atomic E-state index is 7.37. The third kappa shape index (κ3) is 11.7. The van der Waals surface area contributed by atoms with Crippen LogP contribution in [0.25, 0.3) is 122 Å². The lowest BCUT2D eigenvalue weighted by molar-refractivity contribution is 0.436. The van der Waals surface area contributed by atoms with Crippen molar-refractivity contribution in [1.82, 2.24) is 9.13 Å². The molecule has 0 saturated heterocycles. The van der Waals surface area contributed by atoms with E-state index >= 15 is 0 Å². The van der Waals surface area contributed by atoms with E-state index in [1.807, 2.05) is 0 Å². The lowest BCUT2D eigenvalue weighted by Crippen LogP contribution is -2.61. The fourth-order valence-corrected chi connectivity index (χ4v) is 21.3. The first-order valence-electron chi connectivity index (χ1n) is 44.4. The van der Waals surface area contributed by atoms with Gasteiger partial charge in [-0.05, 0) is 231 Å². The zero-order valence-electron chi connectivity index (χ0n) is 73.0. The largest absolute Gasteiger partial charge is 0.457 e. The molecule has 4 aliphatic rings. The second-order valence-electron chi connectivity index (χ2n) is 39.1. The molecule has 1 aliphatic carbocycles. The first kappa shape index (κ1) is 75.7. The zero-order valence-corrected chi connectivity index (χ0v) is 73.0. The van der Waals surface area contributed by atoms with Crippen LogP contribution in [0.15, 0.2) is 370 Å². The van der Waals surface area contributed by atoms with E-state index in [1.165, 1.54) is 82.4 Å². The van der Waals surface area contributed by atoms with E-state index in [0.717, 1.165) is 146 Å². The highest BCUT2D eigenvalue weighted by atomic mass is 16.5. The van der Waals surface area contributed by atoms with E-state index in [0.29, 0.717) is 0 Å². The van der Waals surface area contributed by atoms with E-state index in [2.05, 4.69) is 472 Å². The molecule has 1 spiro atoms. The molecular formula is C119H97BN4O. The van der Waals surface area contributed by atoms with Crippen LogP contribution in [-0.4, -0.2) is 15.8 Å². The van der Waals surface area contributed by atoms with E-state index in [9.17, 15) is 0 Å². The summed E-state index contributed by atoms with van der Waals surface area (Å²) < 4.78 is 12.5. The summed E-state index contributed by atoms with van der Waals surface area (Å²) in [7, 11) is 0. The van der Waals surface area contributed by atoms with Gasteiger partial charge in [0.1, 0.15) is 11.5 Å². The molecular weight excluding hydrogens is 1510 g/mol. The van der Waals surface area contributed by atoms with E-state index in [4.69, 9.17) is 4.74 Å². The Morgan fingerprint density at radius 3 is 1.02 bits per heavy atom. The third-order valence-electron chi connectivity index (χ3n) is 27.6. The topological polar surface area (TPSA) is 25.6 Å². The van der Waals surface area contributed by atoms with Crippen molar-refractivity contribution in [3.63, 3.8) is 0 Å². The van der Waals surface area contributed by atoms with Crippen LogP contribution in [0, 0.1) is 0 Å². The van der Waals surface area contributed by atoms with Crippen LogP contribution in [0.5, 0.6) is 11.5 Å². The zero-order chi connectivity index (χ0) is 84.9. The number of hydrogen-bond acceptors (Lipinski definition) is 3. The predicted octanol–water partition coefficient (Wildman–Crippen LogP) is 30.0. The molecule has 6 heteroatoms. The minimum Gasteiger partial charge on any atom is -0.457 e. The van der Waals surface area contributed by atoms with Gasteiger partial charge in [0.2, 0.25) is 0 Å². The first-order chi connectivity index (χ1) is 60.5. The molecule has 0 N–H and O–H groups in total. The molecule has 0 radical (unpaired) electrons. The molecule has 0 unspecified atom stereocenters. The van der Waals surface area contributed by atoms with Gasteiger partial charge >= 0.3 is 0 Å². The maximum absolute atomic E-state index is 7.37. The number of nitrogens with zero attached hydrogens (tertiary/aromatic N) is 4. The minimum atomic E-state index is -0.750. The second kappa shape index (κ2) is 27.9. The van der Waals surface area contributed by atoms with Crippen molar-refractivity contribution in [2.75, 3.05) is 9.80 Å². The first-order valence-corrected chi connectivity index (χ1v) is 44.4. The monoisotopic (exact) mass is 1610 g/mol. The Morgan fingerprint density at radius 1 is 0.240 bits per heavy atom. The normalized spacial score (nSPS) is 13.7. The van der Waals surface area contributed by atoms with Gasteiger partial charge in [-0.2, -0.15) is 0 Å². The molecule has 602 valence electrons. The summed E-state index contributed by atoms with van der Waals surface area (Å²) in [5.74, 6) is 1.69. The Hall–Kier alpha value is -14.2. The SMILES string of the molecule is CC(C)(C)c1cc(-c2ccccc2)c(N2c3cc(-n4c5ccccc5c5cc(C(C)(C)C)ccc54)ccc3B3c4ccc(-n5c6ccccc6c6cc(C(C)(C)C)ccc65)cc4N(c4c(-c5ccccc5)cc(C(C)(C)C)cc4-c4ccccc4)c4cc(-c5ccc6c(c5)C5(c7ccccc7O6)c6ccccc6-c6ccccc65)cc2c43)c(-c2ccccc2)c1. The summed E-state index contributed by atoms with van der Waals surface area (Å²) in [6, 6.07) is 142. The maximum Gasteiger partial charge on any atom is 0.252 e. The molecule has 0 amide bonds. The van der Waals surface area contributed by atoms with Crippen LogP contribution in [0.1, 0.15) is 128 Å². The number of hydrogen-bond donors (Lipinski definition) is 0. The van der Waals surface area contributed by atoms with Crippen LogP contribution in [0.4, 0.5) is 34.1 Å². The number of anilines is 6. The van der Waals surface area contributed by atoms with Crippen LogP contribution in [0.3, 0.4) is 0 Å². The Morgan fingerprint density at radius 2 is 0.600 bits per heavy atom. The average molecular weight is 1610 g/mol. The average Bonchev–Trinajstić information content (AvgIpc) is 1.67. The van der Waals surface area contributed by atoms with Crippen molar-refractivity contribution in [2.24, 2.45) is 0 Å². The summed E-state index contributed by atoms with van der Waals surface area (Å²) in [6.07, 6.45) is 0. The summed E-state index contributed by atoms with van der Waals surface area (Å²) in [5, 5.41) is 4.91. The Balaban J connectivity index is 0.916. The molecule has 17 aromatic carbocycles. The van der Waals surface area contributed by atoms with Gasteiger partial charge in [0.05, 0.1) is 38.9 Å². The smallest absolute Gasteiger partial charge is 0.252 e. The molecule has 5 nitrogen and oxygen atoms in total. The van der Waals surface area contributed by atoms with Gasteiger partial charge in [0.15, 0.2) is 0 Å². The Labute approximate surface area is 733 Å². The summed E-state index contributed by atoms with van der Waals surface area (Å²) >= 11 is 0. The van der Waals surface area contributed by atoms with Gasteiger partial charge in [-0.15, -0.1) is 0 Å². The molecule has 0 fully saturated rings. The molecule has 23 rings (SSSR count). The Bertz CT molecular complexity index is 7150. The fourth-order valence-electron chi connectivity index (χ4n) is 21.3. The molecule has 0 bridgehead atoms. The number of fused-ring (bicyclic) bond motifs is 19.